The molecule has 17 heavy (non-hydrogen) atoms. The highest BCUT2D eigenvalue weighted by Crippen LogP contribution is 2.19. The van der Waals surface area contributed by atoms with Crippen LogP contribution < -0.4 is 10.6 Å². The lowest BCUT2D eigenvalue weighted by molar-refractivity contribution is 0.240. The summed E-state index contributed by atoms with van der Waals surface area (Å²) in [5.41, 5.74) is 0.444. The summed E-state index contributed by atoms with van der Waals surface area (Å²) in [6, 6.07) is 5.40. The molecular formula is C12H12FN3O. The summed E-state index contributed by atoms with van der Waals surface area (Å²) in [6.07, 6.45) is 3.11. The van der Waals surface area contributed by atoms with Crippen LogP contribution >= 0.6 is 0 Å². The van der Waals surface area contributed by atoms with Crippen LogP contribution in [0.4, 0.5) is 14.9 Å². The molecule has 0 saturated heterocycles. The first-order chi connectivity index (χ1) is 8.19. The van der Waals surface area contributed by atoms with Crippen molar-refractivity contribution < 1.29 is 9.18 Å². The van der Waals surface area contributed by atoms with Crippen molar-refractivity contribution in [2.45, 2.75) is 25.3 Å². The fraction of sp³-hybridized carbons (Fsp3) is 0.333. The number of carbonyl (C=O) groups excluding carboxylic acids is 1. The van der Waals surface area contributed by atoms with Crippen molar-refractivity contribution >= 4 is 11.7 Å². The number of nitriles is 1. The summed E-state index contributed by atoms with van der Waals surface area (Å²) in [5, 5.41) is 14.1. The second-order valence-corrected chi connectivity index (χ2v) is 4.03. The minimum Gasteiger partial charge on any atom is -0.335 e. The number of nitrogens with zero attached hydrogens (tertiary/aromatic N) is 1. The number of nitrogens with one attached hydrogen (secondary N) is 2. The Labute approximate surface area is 98.4 Å². The van der Waals surface area contributed by atoms with E-state index < -0.39 is 5.82 Å². The molecule has 0 spiro atoms. The number of rotatable bonds is 2. The van der Waals surface area contributed by atoms with Gasteiger partial charge in [-0.1, -0.05) is 0 Å². The SMILES string of the molecule is N#Cc1cc(F)ccc1NC(=O)NC1CCC1. The average molecular weight is 233 g/mol. The molecule has 5 heteroatoms. The summed E-state index contributed by atoms with van der Waals surface area (Å²) in [5.74, 6) is -0.494. The number of hydrogen-bond acceptors (Lipinski definition) is 2. The third-order valence-electron chi connectivity index (χ3n) is 2.79. The lowest BCUT2D eigenvalue weighted by Crippen LogP contribution is -2.41. The van der Waals surface area contributed by atoms with Crippen LogP contribution in [-0.4, -0.2) is 12.1 Å². The number of benzene rings is 1. The van der Waals surface area contributed by atoms with Crippen LogP contribution in [0.2, 0.25) is 0 Å². The van der Waals surface area contributed by atoms with Gasteiger partial charge in [0.15, 0.2) is 0 Å². The highest BCUT2D eigenvalue weighted by molar-refractivity contribution is 5.90. The van der Waals surface area contributed by atoms with E-state index >= 15 is 0 Å². The van der Waals surface area contributed by atoms with Gasteiger partial charge in [0.25, 0.3) is 0 Å². The van der Waals surface area contributed by atoms with E-state index in [0.717, 1.165) is 25.3 Å². The number of halogens is 1. The van der Waals surface area contributed by atoms with E-state index in [9.17, 15) is 9.18 Å². The summed E-state index contributed by atoms with van der Waals surface area (Å²) in [7, 11) is 0. The molecule has 0 aromatic heterocycles. The number of hydrogen-bond donors (Lipinski definition) is 2. The Balaban J connectivity index is 2.02. The van der Waals surface area contributed by atoms with Crippen LogP contribution in [0.3, 0.4) is 0 Å². The molecule has 0 unspecified atom stereocenters. The second-order valence-electron chi connectivity index (χ2n) is 4.03. The van der Waals surface area contributed by atoms with Crippen LogP contribution in [0.5, 0.6) is 0 Å². The van der Waals surface area contributed by atoms with Gasteiger partial charge in [-0.15, -0.1) is 0 Å². The third kappa shape index (κ3) is 2.72. The monoisotopic (exact) mass is 233 g/mol. The van der Waals surface area contributed by atoms with Crippen molar-refractivity contribution in [1.29, 1.82) is 5.26 Å². The van der Waals surface area contributed by atoms with Gasteiger partial charge in [-0.2, -0.15) is 5.26 Å². The topological polar surface area (TPSA) is 64.9 Å². The fourth-order valence-corrected chi connectivity index (χ4v) is 1.61. The van der Waals surface area contributed by atoms with Gasteiger partial charge in [-0.3, -0.25) is 0 Å². The number of anilines is 1. The molecule has 2 N–H and O–H groups in total. The lowest BCUT2D eigenvalue weighted by Gasteiger charge is -2.26. The molecule has 1 fully saturated rings. The van der Waals surface area contributed by atoms with Crippen molar-refractivity contribution in [2.24, 2.45) is 0 Å². The van der Waals surface area contributed by atoms with Gasteiger partial charge in [0.05, 0.1) is 11.3 Å². The van der Waals surface area contributed by atoms with E-state index in [4.69, 9.17) is 5.26 Å². The standard InChI is InChI=1S/C12H12FN3O/c13-9-4-5-11(8(6-9)7-14)16-12(17)15-10-2-1-3-10/h4-6,10H,1-3H2,(H2,15,16,17). The van der Waals surface area contributed by atoms with Crippen molar-refractivity contribution in [3.8, 4) is 6.07 Å². The first-order valence-electron chi connectivity index (χ1n) is 5.46. The predicted octanol–water partition coefficient (Wildman–Crippen LogP) is 2.37. The summed E-state index contributed by atoms with van der Waals surface area (Å²) >= 11 is 0. The molecular weight excluding hydrogens is 221 g/mol. The summed E-state index contributed by atoms with van der Waals surface area (Å²) < 4.78 is 12.9. The van der Waals surface area contributed by atoms with Gasteiger partial charge < -0.3 is 10.6 Å². The average Bonchev–Trinajstić information content (AvgIpc) is 2.26. The Morgan fingerprint density at radius 1 is 1.47 bits per heavy atom. The minimum atomic E-state index is -0.494. The highest BCUT2D eigenvalue weighted by Gasteiger charge is 2.19. The molecule has 0 atom stereocenters. The van der Waals surface area contributed by atoms with Crippen LogP contribution in [0, 0.1) is 17.1 Å². The number of carbonyl (C=O) groups is 1. The van der Waals surface area contributed by atoms with Gasteiger partial charge >= 0.3 is 6.03 Å². The van der Waals surface area contributed by atoms with E-state index in [-0.39, 0.29) is 17.6 Å². The van der Waals surface area contributed by atoms with E-state index in [2.05, 4.69) is 10.6 Å². The lowest BCUT2D eigenvalue weighted by atomic mass is 9.93. The van der Waals surface area contributed by atoms with E-state index in [1.165, 1.54) is 12.1 Å². The third-order valence-corrected chi connectivity index (χ3v) is 2.79. The highest BCUT2D eigenvalue weighted by atomic mass is 19.1. The minimum absolute atomic E-state index is 0.119. The molecule has 4 nitrogen and oxygen atoms in total. The maximum atomic E-state index is 12.9. The molecule has 0 bridgehead atoms. The van der Waals surface area contributed by atoms with Crippen molar-refractivity contribution in [2.75, 3.05) is 5.32 Å². The molecule has 2 amide bonds. The Morgan fingerprint density at radius 3 is 2.82 bits per heavy atom. The summed E-state index contributed by atoms with van der Waals surface area (Å²) in [4.78, 5) is 11.5. The summed E-state index contributed by atoms with van der Waals surface area (Å²) in [6.45, 7) is 0. The smallest absolute Gasteiger partial charge is 0.319 e. The number of amides is 2. The first-order valence-corrected chi connectivity index (χ1v) is 5.46. The molecule has 1 saturated carbocycles. The van der Waals surface area contributed by atoms with Gasteiger partial charge in [-0.25, -0.2) is 9.18 Å². The molecule has 2 rings (SSSR count). The normalized spacial score (nSPS) is 14.6. The molecule has 1 aromatic rings. The molecule has 1 aromatic carbocycles. The van der Waals surface area contributed by atoms with Gasteiger partial charge in [0, 0.05) is 6.04 Å². The fourth-order valence-electron chi connectivity index (χ4n) is 1.61. The molecule has 1 aliphatic carbocycles. The Morgan fingerprint density at radius 2 is 2.24 bits per heavy atom. The van der Waals surface area contributed by atoms with Crippen molar-refractivity contribution in [1.82, 2.24) is 5.32 Å². The molecule has 0 aliphatic heterocycles. The number of urea groups is 1. The van der Waals surface area contributed by atoms with Crippen molar-refractivity contribution in [3.05, 3.63) is 29.6 Å². The zero-order valence-electron chi connectivity index (χ0n) is 9.16. The van der Waals surface area contributed by atoms with Crippen LogP contribution in [0.15, 0.2) is 18.2 Å². The Hall–Kier alpha value is -2.09. The van der Waals surface area contributed by atoms with E-state index in [1.807, 2.05) is 6.07 Å². The molecule has 0 heterocycles. The first kappa shape index (κ1) is 11.4. The Kier molecular flexibility index (Phi) is 3.24. The van der Waals surface area contributed by atoms with Crippen molar-refractivity contribution in [3.63, 3.8) is 0 Å². The Bertz CT molecular complexity index is 477. The van der Waals surface area contributed by atoms with Gasteiger partial charge in [0.1, 0.15) is 11.9 Å². The zero-order valence-corrected chi connectivity index (χ0v) is 9.16. The quantitative estimate of drug-likeness (QED) is 0.823. The maximum absolute atomic E-state index is 12.9. The van der Waals surface area contributed by atoms with Crippen LogP contribution in [0.1, 0.15) is 24.8 Å². The largest absolute Gasteiger partial charge is 0.335 e. The van der Waals surface area contributed by atoms with E-state index in [0.29, 0.717) is 5.69 Å². The molecule has 0 radical (unpaired) electrons. The van der Waals surface area contributed by atoms with Gasteiger partial charge in [0.2, 0.25) is 0 Å². The molecule has 1 aliphatic rings. The zero-order chi connectivity index (χ0) is 12.3. The van der Waals surface area contributed by atoms with Gasteiger partial charge in [-0.05, 0) is 37.5 Å². The maximum Gasteiger partial charge on any atom is 0.319 e. The predicted molar refractivity (Wildman–Crippen MR) is 60.9 cm³/mol. The van der Waals surface area contributed by atoms with Crippen LogP contribution in [-0.2, 0) is 0 Å². The second kappa shape index (κ2) is 4.83. The van der Waals surface area contributed by atoms with E-state index in [1.54, 1.807) is 0 Å². The van der Waals surface area contributed by atoms with Crippen LogP contribution in [0.25, 0.3) is 0 Å². The molecule has 88 valence electrons.